The Hall–Kier alpha value is -3.20. The Morgan fingerprint density at radius 3 is 2.97 bits per heavy atom. The van der Waals surface area contributed by atoms with Gasteiger partial charge in [0.2, 0.25) is 5.95 Å². The number of hydrogen-bond acceptors (Lipinski definition) is 7. The number of fused-ring (bicyclic) bond motifs is 2. The second-order valence-corrected chi connectivity index (χ2v) is 8.87. The van der Waals surface area contributed by atoms with Crippen LogP contribution in [0.2, 0.25) is 0 Å². The van der Waals surface area contributed by atoms with E-state index >= 15 is 0 Å². The van der Waals surface area contributed by atoms with Crippen molar-refractivity contribution in [3.05, 3.63) is 35.7 Å². The second-order valence-electron chi connectivity index (χ2n) is 8.87. The molecule has 0 bridgehead atoms. The zero-order valence-corrected chi connectivity index (χ0v) is 18.4. The summed E-state index contributed by atoms with van der Waals surface area (Å²) in [6.45, 7) is 2.48. The largest absolute Gasteiger partial charge is 0.495 e. The zero-order valence-electron chi connectivity index (χ0n) is 18.4. The highest BCUT2D eigenvalue weighted by atomic mass is 16.5. The number of carboxylic acid groups (broad SMARTS) is 1. The number of carboxylic acids is 1. The summed E-state index contributed by atoms with van der Waals surface area (Å²) in [5.41, 5.74) is 4.11. The van der Waals surface area contributed by atoms with Gasteiger partial charge in [0.25, 0.3) is 0 Å². The van der Waals surface area contributed by atoms with Crippen molar-refractivity contribution in [2.45, 2.75) is 38.8 Å². The minimum Gasteiger partial charge on any atom is -0.495 e. The smallest absolute Gasteiger partial charge is 0.306 e. The number of aromatic nitrogens is 4. The molecule has 1 saturated carbocycles. The van der Waals surface area contributed by atoms with Gasteiger partial charge in [-0.2, -0.15) is 10.1 Å². The van der Waals surface area contributed by atoms with Gasteiger partial charge in [-0.15, -0.1) is 0 Å². The number of anilines is 2. The first kappa shape index (κ1) is 20.7. The van der Waals surface area contributed by atoms with Crippen LogP contribution in [0.25, 0.3) is 11.0 Å². The number of nitrogens with one attached hydrogen (secondary N) is 1. The molecule has 3 aromatic rings. The molecule has 9 nitrogen and oxygen atoms in total. The van der Waals surface area contributed by atoms with Crippen LogP contribution in [0.5, 0.6) is 5.75 Å². The summed E-state index contributed by atoms with van der Waals surface area (Å²) in [4.78, 5) is 23.0. The third-order valence-electron chi connectivity index (χ3n) is 6.73. The van der Waals surface area contributed by atoms with Crippen molar-refractivity contribution in [3.63, 3.8) is 0 Å². The Kier molecular flexibility index (Phi) is 5.42. The first-order valence-electron chi connectivity index (χ1n) is 11.1. The first-order chi connectivity index (χ1) is 15.5. The van der Waals surface area contributed by atoms with Gasteiger partial charge in [0.1, 0.15) is 5.75 Å². The Morgan fingerprint density at radius 2 is 2.16 bits per heavy atom. The van der Waals surface area contributed by atoms with Gasteiger partial charge in [-0.05, 0) is 55.5 Å². The van der Waals surface area contributed by atoms with Crippen molar-refractivity contribution >= 4 is 28.6 Å². The predicted molar refractivity (Wildman–Crippen MR) is 120 cm³/mol. The van der Waals surface area contributed by atoms with Crippen LogP contribution in [-0.2, 0) is 24.3 Å². The summed E-state index contributed by atoms with van der Waals surface area (Å²) in [5, 5.41) is 18.1. The molecule has 1 fully saturated rings. The van der Waals surface area contributed by atoms with E-state index in [9.17, 15) is 9.90 Å². The van der Waals surface area contributed by atoms with E-state index in [2.05, 4.69) is 39.5 Å². The fraction of sp³-hybridized carbons (Fsp3) is 0.478. The molecule has 2 atom stereocenters. The van der Waals surface area contributed by atoms with Crippen molar-refractivity contribution < 1.29 is 14.6 Å². The normalized spacial score (nSPS) is 20.9. The van der Waals surface area contributed by atoms with Crippen LogP contribution in [-0.4, -0.2) is 56.4 Å². The molecule has 0 radical (unpaired) electrons. The highest BCUT2D eigenvalue weighted by Gasteiger charge is 2.33. The van der Waals surface area contributed by atoms with Gasteiger partial charge < -0.3 is 20.1 Å². The number of rotatable bonds is 6. The molecule has 1 aliphatic carbocycles. The number of carbonyl (C=O) groups is 1. The molecular weight excluding hydrogens is 408 g/mol. The Morgan fingerprint density at radius 1 is 1.28 bits per heavy atom. The lowest BCUT2D eigenvalue weighted by molar-refractivity contribution is -0.143. The van der Waals surface area contributed by atoms with Gasteiger partial charge in [0.05, 0.1) is 30.3 Å². The molecule has 0 amide bonds. The standard InChI is InChI=1S/C23H28N6O3/c1-28-7-6-14-9-20(32-2)19(8-16(14)12-28)26-23-24-10-17-11-25-29(21(17)27-23)13-15-4-3-5-18(15)22(30)31/h8-11,15,18H,3-7,12-13H2,1-2H3,(H,30,31)(H,24,26,27)/t15-,18?/m0/s1. The van der Waals surface area contributed by atoms with Gasteiger partial charge >= 0.3 is 5.97 Å². The highest BCUT2D eigenvalue weighted by Crippen LogP contribution is 2.35. The van der Waals surface area contributed by atoms with Crippen molar-refractivity contribution in [2.75, 3.05) is 26.0 Å². The quantitative estimate of drug-likeness (QED) is 0.607. The summed E-state index contributed by atoms with van der Waals surface area (Å²) in [6.07, 6.45) is 7.05. The molecule has 1 aromatic carbocycles. The molecule has 2 aromatic heterocycles. The number of benzene rings is 1. The number of aliphatic carboxylic acids is 1. The van der Waals surface area contributed by atoms with Crippen molar-refractivity contribution in [1.29, 1.82) is 0 Å². The maximum atomic E-state index is 11.6. The van der Waals surface area contributed by atoms with Crippen LogP contribution in [0.4, 0.5) is 11.6 Å². The van der Waals surface area contributed by atoms with Gasteiger partial charge in [-0.25, -0.2) is 9.67 Å². The lowest BCUT2D eigenvalue weighted by atomic mass is 9.96. The van der Waals surface area contributed by atoms with Gasteiger partial charge in [0, 0.05) is 25.8 Å². The molecule has 9 heteroatoms. The summed E-state index contributed by atoms with van der Waals surface area (Å²) in [5.74, 6) is 0.265. The number of ether oxygens (including phenoxy) is 1. The van der Waals surface area contributed by atoms with E-state index in [0.717, 1.165) is 55.6 Å². The third kappa shape index (κ3) is 3.88. The van der Waals surface area contributed by atoms with Crippen molar-refractivity contribution in [1.82, 2.24) is 24.6 Å². The molecular formula is C23H28N6O3. The molecule has 0 saturated heterocycles. The van der Waals surface area contributed by atoms with Crippen LogP contribution in [0, 0.1) is 11.8 Å². The molecule has 168 valence electrons. The van der Waals surface area contributed by atoms with Gasteiger partial charge in [-0.1, -0.05) is 6.42 Å². The van der Waals surface area contributed by atoms with Crippen LogP contribution in [0.15, 0.2) is 24.5 Å². The van der Waals surface area contributed by atoms with Crippen molar-refractivity contribution in [3.8, 4) is 5.75 Å². The fourth-order valence-electron chi connectivity index (χ4n) is 4.98. The average molecular weight is 437 g/mol. The minimum atomic E-state index is -0.717. The molecule has 0 spiro atoms. The molecule has 1 aliphatic heterocycles. The molecule has 32 heavy (non-hydrogen) atoms. The van der Waals surface area contributed by atoms with Crippen LogP contribution in [0.1, 0.15) is 30.4 Å². The van der Waals surface area contributed by atoms with E-state index < -0.39 is 5.97 Å². The Bertz CT molecular complexity index is 1160. The van der Waals surface area contributed by atoms with E-state index in [4.69, 9.17) is 9.72 Å². The van der Waals surface area contributed by atoms with E-state index in [-0.39, 0.29) is 11.8 Å². The Balaban J connectivity index is 1.43. The summed E-state index contributed by atoms with van der Waals surface area (Å²) >= 11 is 0. The summed E-state index contributed by atoms with van der Waals surface area (Å²) < 4.78 is 7.44. The van der Waals surface area contributed by atoms with Gasteiger partial charge in [0.15, 0.2) is 5.65 Å². The molecule has 2 N–H and O–H groups in total. The zero-order chi connectivity index (χ0) is 22.2. The highest BCUT2D eigenvalue weighted by molar-refractivity contribution is 5.76. The predicted octanol–water partition coefficient (Wildman–Crippen LogP) is 3.07. The maximum absolute atomic E-state index is 11.6. The number of nitrogens with zero attached hydrogens (tertiary/aromatic N) is 5. The third-order valence-corrected chi connectivity index (χ3v) is 6.73. The van der Waals surface area contributed by atoms with Crippen molar-refractivity contribution in [2.24, 2.45) is 11.8 Å². The van der Waals surface area contributed by atoms with Crippen LogP contribution in [0.3, 0.4) is 0 Å². The second kappa shape index (κ2) is 8.38. The van der Waals surface area contributed by atoms with E-state index in [0.29, 0.717) is 18.1 Å². The lowest BCUT2D eigenvalue weighted by Gasteiger charge is -2.26. The molecule has 2 aliphatic rings. The number of methoxy groups -OCH3 is 1. The minimum absolute atomic E-state index is 0.0692. The molecule has 5 rings (SSSR count). The van der Waals surface area contributed by atoms with Gasteiger partial charge in [-0.3, -0.25) is 4.79 Å². The fourth-order valence-corrected chi connectivity index (χ4v) is 4.98. The first-order valence-corrected chi connectivity index (χ1v) is 11.1. The Labute approximate surface area is 186 Å². The number of likely N-dealkylation sites (N-methyl/N-ethyl adjacent to an activating group) is 1. The topological polar surface area (TPSA) is 105 Å². The summed E-state index contributed by atoms with van der Waals surface area (Å²) in [7, 11) is 3.79. The lowest BCUT2D eigenvalue weighted by Crippen LogP contribution is -2.26. The molecule has 1 unspecified atom stereocenters. The van der Waals surface area contributed by atoms with E-state index in [1.54, 1.807) is 19.5 Å². The molecule has 3 heterocycles. The summed E-state index contributed by atoms with van der Waals surface area (Å²) in [6, 6.07) is 4.21. The SMILES string of the molecule is COc1cc2c(cc1Nc1ncc3cnn(C[C@@H]4CCCC4C(=O)O)c3n1)CN(C)CC2. The maximum Gasteiger partial charge on any atom is 0.306 e. The monoisotopic (exact) mass is 436 g/mol. The van der Waals surface area contributed by atoms with Crippen LogP contribution >= 0.6 is 0 Å². The number of hydrogen-bond donors (Lipinski definition) is 2. The van der Waals surface area contributed by atoms with E-state index in [1.807, 2.05) is 4.68 Å². The van der Waals surface area contributed by atoms with Crippen LogP contribution < -0.4 is 10.1 Å². The van der Waals surface area contributed by atoms with E-state index in [1.165, 1.54) is 11.1 Å². The average Bonchev–Trinajstić information content (AvgIpc) is 3.41.